The van der Waals surface area contributed by atoms with Gasteiger partial charge in [0.25, 0.3) is 0 Å². The Kier molecular flexibility index (Phi) is 5.26. The molecule has 1 N–H and O–H groups in total. The largest absolute Gasteiger partial charge is 0.768 e. The summed E-state index contributed by atoms with van der Waals surface area (Å²) in [6.45, 7) is 2.92. The first-order chi connectivity index (χ1) is 15.1. The summed E-state index contributed by atoms with van der Waals surface area (Å²) in [4.78, 5) is 13.4. The molecule has 1 atom stereocenters. The van der Waals surface area contributed by atoms with Crippen molar-refractivity contribution in [1.82, 2.24) is 14.9 Å². The van der Waals surface area contributed by atoms with Crippen LogP contribution in [0.2, 0.25) is 0 Å². The molecule has 1 aliphatic rings. The van der Waals surface area contributed by atoms with Gasteiger partial charge < -0.3 is 24.1 Å². The zero-order valence-electron chi connectivity index (χ0n) is 16.4. The van der Waals surface area contributed by atoms with Gasteiger partial charge in [0.05, 0.1) is 0 Å². The molecule has 158 valence electrons. The molecular weight excluding hydrogens is 434 g/mol. The van der Waals surface area contributed by atoms with Gasteiger partial charge in [-0.15, -0.1) is 0 Å². The number of furan rings is 1. The van der Waals surface area contributed by atoms with Crippen LogP contribution in [0.3, 0.4) is 0 Å². The van der Waals surface area contributed by atoms with E-state index in [0.717, 1.165) is 54.2 Å². The maximum atomic E-state index is 11.0. The fourth-order valence-electron chi connectivity index (χ4n) is 3.71. The van der Waals surface area contributed by atoms with Crippen LogP contribution in [0.4, 0.5) is 11.5 Å². The van der Waals surface area contributed by atoms with Gasteiger partial charge >= 0.3 is 0 Å². The van der Waals surface area contributed by atoms with Crippen molar-refractivity contribution >= 4 is 62.0 Å². The Morgan fingerprint density at radius 2 is 1.81 bits per heavy atom. The zero-order chi connectivity index (χ0) is 21.4. The van der Waals surface area contributed by atoms with Gasteiger partial charge in [0, 0.05) is 42.1 Å². The number of para-hydroxylation sites is 1. The number of aromatic nitrogens is 2. The predicted molar refractivity (Wildman–Crippen MR) is 123 cm³/mol. The second-order valence-corrected chi connectivity index (χ2v) is 8.46. The Hall–Kier alpha value is -3.08. The first kappa shape index (κ1) is 19.9. The molecule has 5 rings (SSSR count). The molecule has 0 radical (unpaired) electrons. The number of fused-ring (bicyclic) bond motifs is 3. The molecule has 1 unspecified atom stereocenters. The minimum atomic E-state index is -2.24. The van der Waals surface area contributed by atoms with Gasteiger partial charge in [-0.05, 0) is 59.7 Å². The minimum absolute atomic E-state index is 0.242. The lowest BCUT2D eigenvalue weighted by Gasteiger charge is -2.36. The Bertz CT molecular complexity index is 1280. The van der Waals surface area contributed by atoms with Crippen molar-refractivity contribution in [2.75, 3.05) is 36.4 Å². The van der Waals surface area contributed by atoms with Crippen LogP contribution < -0.4 is 10.2 Å². The normalized spacial score (nSPS) is 15.4. The lowest BCUT2D eigenvalue weighted by atomic mass is 10.2. The van der Waals surface area contributed by atoms with Crippen LogP contribution in [-0.2, 0) is 11.1 Å². The molecule has 4 aromatic rings. The van der Waals surface area contributed by atoms with Gasteiger partial charge in [-0.1, -0.05) is 12.1 Å². The first-order valence-corrected chi connectivity index (χ1v) is 11.2. The molecule has 8 nitrogen and oxygen atoms in total. The standard InChI is InChI=1S/C21H19N5O3S2/c27-31(28)15-7-5-14(6-8-15)24-21(30)26-11-9-25(10-12-26)20-19-18(22-13-23-20)16-3-1-2-4-17(16)29-19/h1-8,13H,9-12H2,(H,24,30)(H,27,28)/p-1. The van der Waals surface area contributed by atoms with Gasteiger partial charge in [-0.2, -0.15) is 0 Å². The second-order valence-electron chi connectivity index (χ2n) is 7.14. The van der Waals surface area contributed by atoms with Crippen molar-refractivity contribution in [1.29, 1.82) is 0 Å². The fourth-order valence-corrected chi connectivity index (χ4v) is 4.37. The number of thiocarbonyl (C=S) groups is 1. The number of hydrogen-bond donors (Lipinski definition) is 1. The molecule has 1 saturated heterocycles. The Labute approximate surface area is 186 Å². The molecule has 0 spiro atoms. The number of rotatable bonds is 3. The van der Waals surface area contributed by atoms with E-state index in [-0.39, 0.29) is 4.90 Å². The fraction of sp³-hybridized carbons (Fsp3) is 0.190. The number of nitrogens with zero attached hydrogens (tertiary/aromatic N) is 4. The Morgan fingerprint density at radius 3 is 2.55 bits per heavy atom. The van der Waals surface area contributed by atoms with E-state index < -0.39 is 11.1 Å². The smallest absolute Gasteiger partial charge is 0.196 e. The summed E-state index contributed by atoms with van der Waals surface area (Å²) in [6.07, 6.45) is 1.58. The lowest BCUT2D eigenvalue weighted by molar-refractivity contribution is 0.389. The number of benzene rings is 2. The van der Waals surface area contributed by atoms with Gasteiger partial charge in [0.1, 0.15) is 17.4 Å². The summed E-state index contributed by atoms with van der Waals surface area (Å²) in [5.74, 6) is 0.793. The summed E-state index contributed by atoms with van der Waals surface area (Å²) >= 11 is 3.31. The maximum Gasteiger partial charge on any atom is 0.196 e. The molecule has 1 fully saturated rings. The van der Waals surface area contributed by atoms with E-state index in [9.17, 15) is 8.76 Å². The average Bonchev–Trinajstić information content (AvgIpc) is 3.18. The molecule has 10 heteroatoms. The third-order valence-corrected chi connectivity index (χ3v) is 6.32. The topological polar surface area (TPSA) is 97.6 Å². The molecule has 1 aliphatic heterocycles. The summed E-state index contributed by atoms with van der Waals surface area (Å²) in [7, 11) is 0. The highest BCUT2D eigenvalue weighted by molar-refractivity contribution is 7.80. The van der Waals surface area contributed by atoms with Crippen LogP contribution in [0.1, 0.15) is 0 Å². The van der Waals surface area contributed by atoms with Gasteiger partial charge in [-0.3, -0.25) is 4.21 Å². The van der Waals surface area contributed by atoms with Gasteiger partial charge in [0.15, 0.2) is 16.5 Å². The van der Waals surface area contributed by atoms with Gasteiger partial charge in [-0.25, -0.2) is 9.97 Å². The summed E-state index contributed by atoms with van der Waals surface area (Å²) < 4.78 is 28.0. The third-order valence-electron chi connectivity index (χ3n) is 5.30. The van der Waals surface area contributed by atoms with Crippen LogP contribution in [-0.4, -0.2) is 54.9 Å². The molecule has 3 heterocycles. The van der Waals surface area contributed by atoms with Crippen LogP contribution in [0.25, 0.3) is 22.1 Å². The Balaban J connectivity index is 1.28. The average molecular weight is 453 g/mol. The summed E-state index contributed by atoms with van der Waals surface area (Å²) in [6, 6.07) is 14.3. The van der Waals surface area contributed by atoms with Crippen molar-refractivity contribution in [3.8, 4) is 0 Å². The summed E-state index contributed by atoms with van der Waals surface area (Å²) in [5, 5.41) is 4.76. The van der Waals surface area contributed by atoms with E-state index in [1.54, 1.807) is 30.6 Å². The van der Waals surface area contributed by atoms with Crippen LogP contribution in [0, 0.1) is 0 Å². The highest BCUT2D eigenvalue weighted by Crippen LogP contribution is 2.32. The first-order valence-electron chi connectivity index (χ1n) is 9.72. The van der Waals surface area contributed by atoms with E-state index in [1.807, 2.05) is 24.3 Å². The number of nitrogens with one attached hydrogen (secondary N) is 1. The van der Waals surface area contributed by atoms with Crippen LogP contribution in [0.5, 0.6) is 0 Å². The van der Waals surface area contributed by atoms with Crippen LogP contribution >= 0.6 is 12.2 Å². The minimum Gasteiger partial charge on any atom is -0.768 e. The van der Waals surface area contributed by atoms with Gasteiger partial charge in [0.2, 0.25) is 0 Å². The van der Waals surface area contributed by atoms with E-state index >= 15 is 0 Å². The lowest BCUT2D eigenvalue weighted by Crippen LogP contribution is -2.50. The van der Waals surface area contributed by atoms with E-state index in [2.05, 4.69) is 25.1 Å². The molecule has 0 aliphatic carbocycles. The number of piperazine rings is 1. The Morgan fingerprint density at radius 1 is 1.06 bits per heavy atom. The van der Waals surface area contributed by atoms with E-state index in [4.69, 9.17) is 16.6 Å². The molecule has 2 aromatic carbocycles. The van der Waals surface area contributed by atoms with Crippen molar-refractivity contribution in [2.24, 2.45) is 0 Å². The molecule has 0 amide bonds. The molecule has 2 aromatic heterocycles. The van der Waals surface area contributed by atoms with Crippen LogP contribution in [0.15, 0.2) is 64.2 Å². The third kappa shape index (κ3) is 3.85. The van der Waals surface area contributed by atoms with Crippen molar-refractivity contribution in [3.63, 3.8) is 0 Å². The molecule has 31 heavy (non-hydrogen) atoms. The highest BCUT2D eigenvalue weighted by Gasteiger charge is 2.23. The van der Waals surface area contributed by atoms with E-state index in [0.29, 0.717) is 10.7 Å². The van der Waals surface area contributed by atoms with Crippen molar-refractivity contribution in [3.05, 3.63) is 54.9 Å². The zero-order valence-corrected chi connectivity index (χ0v) is 18.0. The van der Waals surface area contributed by atoms with Crippen molar-refractivity contribution < 1.29 is 13.2 Å². The van der Waals surface area contributed by atoms with Crippen molar-refractivity contribution in [2.45, 2.75) is 4.90 Å². The highest BCUT2D eigenvalue weighted by atomic mass is 32.2. The summed E-state index contributed by atoms with van der Waals surface area (Å²) in [5.41, 5.74) is 3.08. The second kappa shape index (κ2) is 8.22. The number of anilines is 2. The molecular formula is C21H18N5O3S2-. The SMILES string of the molecule is O=S([O-])c1ccc(NC(=S)N2CCN(c3ncnc4c3oc3ccccc34)CC2)cc1. The molecule has 0 saturated carbocycles. The number of hydrogen-bond acceptors (Lipinski definition) is 7. The maximum absolute atomic E-state index is 11.0. The monoisotopic (exact) mass is 452 g/mol. The molecule has 0 bridgehead atoms. The van der Waals surface area contributed by atoms with E-state index in [1.165, 1.54) is 0 Å². The predicted octanol–water partition coefficient (Wildman–Crippen LogP) is 3.13. The quantitative estimate of drug-likeness (QED) is 0.371.